The fourth-order valence-corrected chi connectivity index (χ4v) is 1.80. The van der Waals surface area contributed by atoms with Gasteiger partial charge in [-0.15, -0.1) is 0 Å². The second kappa shape index (κ2) is 8.44. The number of hydrogen-bond donors (Lipinski definition) is 1. The van der Waals surface area contributed by atoms with Crippen molar-refractivity contribution in [2.75, 3.05) is 25.0 Å². The first-order valence-electron chi connectivity index (χ1n) is 6.87. The van der Waals surface area contributed by atoms with Gasteiger partial charge in [-0.05, 0) is 19.9 Å². The lowest BCUT2D eigenvalue weighted by atomic mass is 10.3. The highest BCUT2D eigenvalue weighted by Crippen LogP contribution is 2.08. The Kier molecular flexibility index (Phi) is 6.83. The molecular formula is C14H23N5. The van der Waals surface area contributed by atoms with Crippen molar-refractivity contribution in [2.24, 2.45) is 0 Å². The maximum Gasteiger partial charge on any atom is 0.144 e. The van der Waals surface area contributed by atoms with Crippen LogP contribution in [0.2, 0.25) is 0 Å². The summed E-state index contributed by atoms with van der Waals surface area (Å²) in [6.45, 7) is 9.47. The third-order valence-electron chi connectivity index (χ3n) is 2.81. The summed E-state index contributed by atoms with van der Waals surface area (Å²) in [5.41, 5.74) is 0.972. The predicted octanol–water partition coefficient (Wildman–Crippen LogP) is 2.34. The van der Waals surface area contributed by atoms with Crippen LogP contribution in [0, 0.1) is 18.3 Å². The Morgan fingerprint density at radius 1 is 1.37 bits per heavy atom. The fraction of sp³-hybridized carbons (Fsp3) is 0.643. The molecule has 0 aliphatic rings. The third kappa shape index (κ3) is 5.66. The van der Waals surface area contributed by atoms with Gasteiger partial charge >= 0.3 is 0 Å². The molecule has 1 aromatic heterocycles. The van der Waals surface area contributed by atoms with Crippen molar-refractivity contribution < 1.29 is 0 Å². The average molecular weight is 261 g/mol. The largest absolute Gasteiger partial charge is 0.370 e. The van der Waals surface area contributed by atoms with Gasteiger partial charge in [0.1, 0.15) is 11.6 Å². The van der Waals surface area contributed by atoms with Crippen molar-refractivity contribution in [3.63, 3.8) is 0 Å². The van der Waals surface area contributed by atoms with Gasteiger partial charge in [0.15, 0.2) is 0 Å². The van der Waals surface area contributed by atoms with Gasteiger partial charge in [-0.1, -0.05) is 13.8 Å². The minimum Gasteiger partial charge on any atom is -0.370 e. The first-order valence-corrected chi connectivity index (χ1v) is 6.87. The van der Waals surface area contributed by atoms with Crippen LogP contribution in [-0.4, -0.2) is 34.5 Å². The number of nitrogens with one attached hydrogen (secondary N) is 1. The van der Waals surface area contributed by atoms with Crippen molar-refractivity contribution >= 4 is 5.82 Å². The van der Waals surface area contributed by atoms with Gasteiger partial charge in [-0.25, -0.2) is 9.97 Å². The number of rotatable bonds is 8. The van der Waals surface area contributed by atoms with Gasteiger partial charge in [-0.3, -0.25) is 4.90 Å². The van der Waals surface area contributed by atoms with E-state index in [1.165, 1.54) is 0 Å². The van der Waals surface area contributed by atoms with Gasteiger partial charge < -0.3 is 5.32 Å². The van der Waals surface area contributed by atoms with E-state index in [2.05, 4.69) is 40.1 Å². The molecule has 0 aromatic carbocycles. The van der Waals surface area contributed by atoms with Crippen molar-refractivity contribution in [3.8, 4) is 6.07 Å². The molecule has 19 heavy (non-hydrogen) atoms. The summed E-state index contributed by atoms with van der Waals surface area (Å²) in [5, 5.41) is 11.9. The topological polar surface area (TPSA) is 64.8 Å². The minimum atomic E-state index is 0.542. The lowest BCUT2D eigenvalue weighted by Gasteiger charge is -2.18. The number of aromatic nitrogens is 2. The summed E-state index contributed by atoms with van der Waals surface area (Å²) >= 11 is 0. The van der Waals surface area contributed by atoms with Crippen LogP contribution in [0.3, 0.4) is 0 Å². The van der Waals surface area contributed by atoms with Gasteiger partial charge in [0.25, 0.3) is 0 Å². The maximum atomic E-state index is 8.64. The molecule has 0 saturated carbocycles. The summed E-state index contributed by atoms with van der Waals surface area (Å²) in [6.07, 6.45) is 1.61. The normalized spacial score (nSPS) is 10.5. The van der Waals surface area contributed by atoms with Crippen LogP contribution in [0.4, 0.5) is 5.82 Å². The molecule has 0 spiro atoms. The maximum absolute atomic E-state index is 8.64. The van der Waals surface area contributed by atoms with E-state index in [9.17, 15) is 0 Å². The summed E-state index contributed by atoms with van der Waals surface area (Å²) in [4.78, 5) is 11.2. The number of nitriles is 1. The Bertz CT molecular complexity index is 424. The number of aryl methyl sites for hydroxylation is 1. The number of nitrogens with zero attached hydrogens (tertiary/aromatic N) is 4. The zero-order valence-electron chi connectivity index (χ0n) is 12.1. The molecule has 0 amide bonds. The highest BCUT2D eigenvalue weighted by Gasteiger charge is 2.07. The van der Waals surface area contributed by atoms with Gasteiger partial charge in [-0.2, -0.15) is 5.26 Å². The Hall–Kier alpha value is -1.67. The van der Waals surface area contributed by atoms with Crippen molar-refractivity contribution in [1.29, 1.82) is 5.26 Å². The van der Waals surface area contributed by atoms with Crippen LogP contribution in [0.15, 0.2) is 6.07 Å². The van der Waals surface area contributed by atoms with E-state index in [0.717, 1.165) is 43.4 Å². The Balaban J connectivity index is 2.70. The molecule has 1 rings (SSSR count). The van der Waals surface area contributed by atoms with E-state index < -0.39 is 0 Å². The highest BCUT2D eigenvalue weighted by atomic mass is 15.1. The number of anilines is 1. The van der Waals surface area contributed by atoms with E-state index in [1.807, 2.05) is 13.0 Å². The molecule has 0 saturated heterocycles. The SMILES string of the molecule is CCCNc1cc(C)nc(CN(CC)CCC#N)n1. The quantitative estimate of drug-likeness (QED) is 0.778. The van der Waals surface area contributed by atoms with E-state index >= 15 is 0 Å². The number of hydrogen-bond acceptors (Lipinski definition) is 5. The van der Waals surface area contributed by atoms with Gasteiger partial charge in [0.05, 0.1) is 12.6 Å². The molecule has 0 bridgehead atoms. The van der Waals surface area contributed by atoms with Crippen LogP contribution in [0.5, 0.6) is 0 Å². The first kappa shape index (κ1) is 15.4. The smallest absolute Gasteiger partial charge is 0.144 e. The summed E-state index contributed by atoms with van der Waals surface area (Å²) in [6, 6.07) is 4.14. The first-order chi connectivity index (χ1) is 9.19. The van der Waals surface area contributed by atoms with Gasteiger partial charge in [0.2, 0.25) is 0 Å². The summed E-state index contributed by atoms with van der Waals surface area (Å²) < 4.78 is 0. The van der Waals surface area contributed by atoms with Crippen molar-refractivity contribution in [2.45, 2.75) is 40.2 Å². The molecule has 1 aromatic rings. The lowest BCUT2D eigenvalue weighted by molar-refractivity contribution is 0.279. The van der Waals surface area contributed by atoms with E-state index in [-0.39, 0.29) is 0 Å². The van der Waals surface area contributed by atoms with Crippen LogP contribution in [-0.2, 0) is 6.54 Å². The van der Waals surface area contributed by atoms with Crippen LogP contribution in [0.1, 0.15) is 38.2 Å². The second-order valence-electron chi connectivity index (χ2n) is 4.51. The van der Waals surface area contributed by atoms with Crippen molar-refractivity contribution in [1.82, 2.24) is 14.9 Å². The molecule has 0 unspecified atom stereocenters. The zero-order chi connectivity index (χ0) is 14.1. The standard InChI is InChI=1S/C14H23N5/c1-4-8-16-13-10-12(3)17-14(18-13)11-19(5-2)9-6-7-15/h10H,4-6,8-9,11H2,1-3H3,(H,16,17,18). The van der Waals surface area contributed by atoms with Crippen LogP contribution in [0.25, 0.3) is 0 Å². The molecule has 1 N–H and O–H groups in total. The van der Waals surface area contributed by atoms with Gasteiger partial charge in [0, 0.05) is 31.3 Å². The van der Waals surface area contributed by atoms with Crippen molar-refractivity contribution in [3.05, 3.63) is 17.6 Å². The average Bonchev–Trinajstić information content (AvgIpc) is 2.40. The highest BCUT2D eigenvalue weighted by molar-refractivity contribution is 5.35. The summed E-state index contributed by atoms with van der Waals surface area (Å²) in [7, 11) is 0. The molecule has 0 aliphatic carbocycles. The van der Waals surface area contributed by atoms with E-state index in [1.54, 1.807) is 0 Å². The third-order valence-corrected chi connectivity index (χ3v) is 2.81. The Labute approximate surface area is 115 Å². The Morgan fingerprint density at radius 3 is 2.79 bits per heavy atom. The molecule has 0 aliphatic heterocycles. The molecule has 1 heterocycles. The lowest BCUT2D eigenvalue weighted by Crippen LogP contribution is -2.25. The van der Waals surface area contributed by atoms with Crippen LogP contribution >= 0.6 is 0 Å². The predicted molar refractivity (Wildman–Crippen MR) is 76.7 cm³/mol. The zero-order valence-corrected chi connectivity index (χ0v) is 12.1. The summed E-state index contributed by atoms with van der Waals surface area (Å²) in [5.74, 6) is 1.71. The minimum absolute atomic E-state index is 0.542. The molecule has 0 atom stereocenters. The van der Waals surface area contributed by atoms with Crippen LogP contribution < -0.4 is 5.32 Å². The second-order valence-corrected chi connectivity index (χ2v) is 4.51. The Morgan fingerprint density at radius 2 is 2.16 bits per heavy atom. The molecule has 5 nitrogen and oxygen atoms in total. The molecule has 0 fully saturated rings. The van der Waals surface area contributed by atoms with E-state index in [0.29, 0.717) is 13.0 Å². The molecule has 0 radical (unpaired) electrons. The van der Waals surface area contributed by atoms with E-state index in [4.69, 9.17) is 5.26 Å². The molecule has 5 heteroatoms. The fourth-order valence-electron chi connectivity index (χ4n) is 1.80. The molecular weight excluding hydrogens is 238 g/mol. The molecule has 104 valence electrons. The monoisotopic (exact) mass is 261 g/mol.